The van der Waals surface area contributed by atoms with Crippen LogP contribution in [0.4, 0.5) is 5.00 Å². The molecule has 3 N–H and O–H groups in total. The van der Waals surface area contributed by atoms with E-state index in [-0.39, 0.29) is 27.8 Å². The summed E-state index contributed by atoms with van der Waals surface area (Å²) < 4.78 is 6.37. The predicted molar refractivity (Wildman–Crippen MR) is 89.1 cm³/mol. The molecule has 0 aliphatic rings. The molecule has 0 spiro atoms. The van der Waals surface area contributed by atoms with Gasteiger partial charge in [0.05, 0.1) is 23.7 Å². The van der Waals surface area contributed by atoms with E-state index in [0.717, 1.165) is 16.9 Å². The van der Waals surface area contributed by atoms with Crippen molar-refractivity contribution in [3.63, 3.8) is 0 Å². The minimum absolute atomic E-state index is 0.152. The minimum atomic E-state index is -0.657. The largest absolute Gasteiger partial charge is 0.465 e. The van der Waals surface area contributed by atoms with Gasteiger partial charge in [0.15, 0.2) is 0 Å². The lowest BCUT2D eigenvalue weighted by Crippen LogP contribution is -2.16. The molecule has 0 bridgehead atoms. The van der Waals surface area contributed by atoms with E-state index in [1.54, 1.807) is 17.8 Å². The van der Waals surface area contributed by atoms with Crippen molar-refractivity contribution in [1.82, 2.24) is 9.78 Å². The Morgan fingerprint density at radius 2 is 2.08 bits per heavy atom. The highest BCUT2D eigenvalue weighted by molar-refractivity contribution is 7.18. The Kier molecular flexibility index (Phi) is 5.35. The van der Waals surface area contributed by atoms with E-state index in [0.29, 0.717) is 12.1 Å². The number of aromatic nitrogens is 2. The van der Waals surface area contributed by atoms with Gasteiger partial charge in [0.1, 0.15) is 5.00 Å². The van der Waals surface area contributed by atoms with Crippen LogP contribution in [0.2, 0.25) is 0 Å². The molecule has 2 amide bonds. The Balaban J connectivity index is 2.15. The van der Waals surface area contributed by atoms with Crippen LogP contribution in [-0.4, -0.2) is 34.7 Å². The molecule has 2 aromatic heterocycles. The van der Waals surface area contributed by atoms with E-state index in [1.807, 2.05) is 13.1 Å². The van der Waals surface area contributed by atoms with Gasteiger partial charge in [-0.15, -0.1) is 11.3 Å². The van der Waals surface area contributed by atoms with Gasteiger partial charge in [-0.05, 0) is 25.0 Å². The zero-order valence-corrected chi connectivity index (χ0v) is 14.4. The number of ether oxygens (including phenoxy) is 1. The first-order valence-corrected chi connectivity index (χ1v) is 7.95. The molecule has 0 aromatic carbocycles. The number of nitrogens with zero attached hydrogens (tertiary/aromatic N) is 2. The maximum atomic E-state index is 12.1. The minimum Gasteiger partial charge on any atom is -0.465 e. The SMILES string of the molecule is COC(=O)c1c(NC(=O)CCn2cc(C)cn2)sc(C(N)=O)c1C. The molecule has 0 atom stereocenters. The molecule has 0 aliphatic carbocycles. The third-order valence-electron chi connectivity index (χ3n) is 3.34. The van der Waals surface area contributed by atoms with Gasteiger partial charge in [0.25, 0.3) is 5.91 Å². The second-order valence-corrected chi connectivity index (χ2v) is 6.22. The lowest BCUT2D eigenvalue weighted by molar-refractivity contribution is -0.116. The van der Waals surface area contributed by atoms with Crippen molar-refractivity contribution in [1.29, 1.82) is 0 Å². The number of methoxy groups -OCH3 is 1. The van der Waals surface area contributed by atoms with Crippen molar-refractivity contribution in [3.05, 3.63) is 34.0 Å². The molecule has 9 heteroatoms. The van der Waals surface area contributed by atoms with E-state index in [4.69, 9.17) is 10.5 Å². The zero-order valence-electron chi connectivity index (χ0n) is 13.6. The lowest BCUT2D eigenvalue weighted by Gasteiger charge is -2.06. The number of carbonyl (C=O) groups excluding carboxylic acids is 3. The molecule has 2 aromatic rings. The number of thiophene rings is 1. The summed E-state index contributed by atoms with van der Waals surface area (Å²) in [5.74, 6) is -1.59. The molecule has 0 unspecified atom stereocenters. The number of aryl methyl sites for hydroxylation is 2. The maximum absolute atomic E-state index is 12.1. The number of hydrogen-bond donors (Lipinski definition) is 2. The Labute approximate surface area is 142 Å². The fraction of sp³-hybridized carbons (Fsp3) is 0.333. The first-order chi connectivity index (χ1) is 11.3. The van der Waals surface area contributed by atoms with Gasteiger partial charge >= 0.3 is 5.97 Å². The van der Waals surface area contributed by atoms with Gasteiger partial charge in [-0.2, -0.15) is 5.10 Å². The van der Waals surface area contributed by atoms with E-state index < -0.39 is 11.9 Å². The molecule has 2 rings (SSSR count). The van der Waals surface area contributed by atoms with Gasteiger partial charge in [-0.3, -0.25) is 14.3 Å². The van der Waals surface area contributed by atoms with Crippen LogP contribution in [-0.2, 0) is 16.1 Å². The standard InChI is InChI=1S/C15H18N4O4S/c1-8-6-17-19(7-8)5-4-10(20)18-14-11(15(22)23-3)9(2)12(24-14)13(16)21/h6-7H,4-5H2,1-3H3,(H2,16,21)(H,18,20). The van der Waals surface area contributed by atoms with E-state index in [9.17, 15) is 14.4 Å². The van der Waals surface area contributed by atoms with Crippen molar-refractivity contribution in [2.45, 2.75) is 26.8 Å². The maximum Gasteiger partial charge on any atom is 0.341 e. The summed E-state index contributed by atoms with van der Waals surface area (Å²) in [5, 5.41) is 7.01. The van der Waals surface area contributed by atoms with Crippen LogP contribution in [0.1, 0.15) is 37.6 Å². The van der Waals surface area contributed by atoms with Crippen LogP contribution in [0.25, 0.3) is 0 Å². The van der Waals surface area contributed by atoms with Gasteiger partial charge in [-0.25, -0.2) is 4.79 Å². The average molecular weight is 350 g/mol. The molecule has 0 aliphatic heterocycles. The van der Waals surface area contributed by atoms with Crippen molar-refractivity contribution < 1.29 is 19.1 Å². The number of carbonyl (C=O) groups is 3. The summed E-state index contributed by atoms with van der Waals surface area (Å²) in [5.41, 5.74) is 6.86. The van der Waals surface area contributed by atoms with Gasteiger partial charge < -0.3 is 15.8 Å². The topological polar surface area (TPSA) is 116 Å². The number of rotatable bonds is 6. The van der Waals surface area contributed by atoms with Gasteiger partial charge in [0, 0.05) is 19.2 Å². The number of nitrogens with one attached hydrogen (secondary N) is 1. The van der Waals surface area contributed by atoms with Crippen LogP contribution in [0.3, 0.4) is 0 Å². The fourth-order valence-corrected chi connectivity index (χ4v) is 3.24. The van der Waals surface area contributed by atoms with Crippen molar-refractivity contribution in [2.24, 2.45) is 5.73 Å². The fourth-order valence-electron chi connectivity index (χ4n) is 2.18. The molecule has 2 heterocycles. The molecular weight excluding hydrogens is 332 g/mol. The molecule has 24 heavy (non-hydrogen) atoms. The summed E-state index contributed by atoms with van der Waals surface area (Å²) in [6, 6.07) is 0. The summed E-state index contributed by atoms with van der Waals surface area (Å²) in [6.07, 6.45) is 3.70. The molecule has 0 saturated carbocycles. The zero-order chi connectivity index (χ0) is 17.9. The molecule has 8 nitrogen and oxygen atoms in total. The summed E-state index contributed by atoms with van der Waals surface area (Å²) in [7, 11) is 1.23. The third kappa shape index (κ3) is 3.80. The van der Waals surface area contributed by atoms with Crippen LogP contribution in [0.15, 0.2) is 12.4 Å². The number of amides is 2. The van der Waals surface area contributed by atoms with Crippen molar-refractivity contribution in [2.75, 3.05) is 12.4 Å². The average Bonchev–Trinajstić information content (AvgIpc) is 3.08. The number of primary amides is 1. The van der Waals surface area contributed by atoms with E-state index >= 15 is 0 Å². The highest BCUT2D eigenvalue weighted by Gasteiger charge is 2.25. The number of anilines is 1. The van der Waals surface area contributed by atoms with Gasteiger partial charge in [-0.1, -0.05) is 0 Å². The van der Waals surface area contributed by atoms with E-state index in [1.165, 1.54) is 7.11 Å². The van der Waals surface area contributed by atoms with Crippen LogP contribution >= 0.6 is 11.3 Å². The van der Waals surface area contributed by atoms with Crippen LogP contribution in [0.5, 0.6) is 0 Å². The second kappa shape index (κ2) is 7.26. The lowest BCUT2D eigenvalue weighted by atomic mass is 10.1. The second-order valence-electron chi connectivity index (χ2n) is 5.20. The monoisotopic (exact) mass is 350 g/mol. The Morgan fingerprint density at radius 3 is 2.62 bits per heavy atom. The highest BCUT2D eigenvalue weighted by Crippen LogP contribution is 2.33. The molecule has 0 radical (unpaired) electrons. The third-order valence-corrected chi connectivity index (χ3v) is 4.57. The Hall–Kier alpha value is -2.68. The van der Waals surface area contributed by atoms with Crippen molar-refractivity contribution >= 4 is 34.1 Å². The molecule has 0 saturated heterocycles. The smallest absolute Gasteiger partial charge is 0.341 e. The normalized spacial score (nSPS) is 10.5. The quantitative estimate of drug-likeness (QED) is 0.765. The number of hydrogen-bond acceptors (Lipinski definition) is 6. The van der Waals surface area contributed by atoms with Crippen LogP contribution in [0, 0.1) is 13.8 Å². The van der Waals surface area contributed by atoms with E-state index in [2.05, 4.69) is 10.4 Å². The Bertz CT molecular complexity index is 793. The predicted octanol–water partition coefficient (Wildman–Crippen LogP) is 1.48. The first-order valence-electron chi connectivity index (χ1n) is 7.14. The molecule has 128 valence electrons. The summed E-state index contributed by atoms with van der Waals surface area (Å²) in [4.78, 5) is 35.7. The van der Waals surface area contributed by atoms with Crippen LogP contribution < -0.4 is 11.1 Å². The van der Waals surface area contributed by atoms with Gasteiger partial charge in [0.2, 0.25) is 5.91 Å². The first kappa shape index (κ1) is 17.7. The Morgan fingerprint density at radius 1 is 1.38 bits per heavy atom. The molecular formula is C15H18N4O4S. The summed E-state index contributed by atoms with van der Waals surface area (Å²) >= 11 is 0.962. The van der Waals surface area contributed by atoms with Crippen molar-refractivity contribution in [3.8, 4) is 0 Å². The molecule has 0 fully saturated rings. The summed E-state index contributed by atoms with van der Waals surface area (Å²) in [6.45, 7) is 3.90. The number of nitrogens with two attached hydrogens (primary N) is 1. The highest BCUT2D eigenvalue weighted by atomic mass is 32.1. The number of esters is 1.